The molecule has 7 nitrogen and oxygen atoms in total. The van der Waals surface area contributed by atoms with Crippen LogP contribution in [0.25, 0.3) is 5.76 Å². The molecule has 2 aliphatic heterocycles. The number of anilines is 3. The highest BCUT2D eigenvalue weighted by Gasteiger charge is 2.65. The number of rotatable bonds is 3. The number of para-hydroxylation sites is 3. The average molecular weight is 443 g/mol. The molecular weight excluding hydrogens is 426 g/mol. The summed E-state index contributed by atoms with van der Waals surface area (Å²) in [4.78, 5) is 40.0. The van der Waals surface area contributed by atoms with Gasteiger partial charge in [0.15, 0.2) is 0 Å². The van der Waals surface area contributed by atoms with Gasteiger partial charge < -0.3 is 16.2 Å². The van der Waals surface area contributed by atoms with Crippen LogP contribution in [0.4, 0.5) is 17.1 Å². The molecule has 2 aliphatic rings. The molecule has 0 saturated carbocycles. The Kier molecular flexibility index (Phi) is 4.53. The molecule has 4 N–H and O–H groups in total. The van der Waals surface area contributed by atoms with Crippen LogP contribution >= 0.6 is 11.8 Å². The number of hydrogen-bond acceptors (Lipinski definition) is 6. The summed E-state index contributed by atoms with van der Waals surface area (Å²) in [6.45, 7) is 0. The standard InChI is InChI=1S/C24H17N3O4S/c25-15-10-4-7-13-18(15)32-24-19(20(28)14-8-2-1-3-9-14)21(29)22(30)27(24)17-12-6-5-11-16(17)26-23(24)31/h1-13,28H,25H2,(H,26,31)/b20-19-. The van der Waals surface area contributed by atoms with Gasteiger partial charge in [0.25, 0.3) is 11.7 Å². The van der Waals surface area contributed by atoms with E-state index in [-0.39, 0.29) is 5.57 Å². The zero-order valence-electron chi connectivity index (χ0n) is 16.6. The number of nitrogens with two attached hydrogens (primary N) is 1. The third-order valence-electron chi connectivity index (χ3n) is 5.44. The van der Waals surface area contributed by atoms with Crippen LogP contribution in [-0.4, -0.2) is 27.6 Å². The summed E-state index contributed by atoms with van der Waals surface area (Å²) in [5.41, 5.74) is 7.30. The van der Waals surface area contributed by atoms with E-state index in [1.54, 1.807) is 78.9 Å². The minimum absolute atomic E-state index is 0.297. The number of carbonyl (C=O) groups is 3. The van der Waals surface area contributed by atoms with Gasteiger partial charge in [0, 0.05) is 16.1 Å². The molecule has 1 unspecified atom stereocenters. The number of amides is 2. The third kappa shape index (κ3) is 2.73. The van der Waals surface area contributed by atoms with Crippen molar-refractivity contribution in [3.05, 3.63) is 90.0 Å². The fourth-order valence-corrected chi connectivity index (χ4v) is 5.34. The van der Waals surface area contributed by atoms with E-state index in [1.165, 1.54) is 0 Å². The van der Waals surface area contributed by atoms with Gasteiger partial charge in [-0.1, -0.05) is 66.4 Å². The second-order valence-corrected chi connectivity index (χ2v) is 8.55. The molecular formula is C24H17N3O4S. The Labute approximate surface area is 187 Å². The minimum Gasteiger partial charge on any atom is -0.507 e. The van der Waals surface area contributed by atoms with Crippen molar-refractivity contribution in [1.82, 2.24) is 0 Å². The van der Waals surface area contributed by atoms with E-state index < -0.39 is 28.2 Å². The Morgan fingerprint density at radius 2 is 1.56 bits per heavy atom. The summed E-state index contributed by atoms with van der Waals surface area (Å²) >= 11 is 0.949. The van der Waals surface area contributed by atoms with E-state index in [9.17, 15) is 19.5 Å². The smallest absolute Gasteiger partial charge is 0.301 e. The number of nitrogens with one attached hydrogen (secondary N) is 1. The summed E-state index contributed by atoms with van der Waals surface area (Å²) in [5, 5.41) is 14.0. The number of ketones is 1. The fraction of sp³-hybridized carbons (Fsp3) is 0.0417. The van der Waals surface area contributed by atoms with Crippen LogP contribution in [0.3, 0.4) is 0 Å². The number of fused-ring (bicyclic) bond motifs is 3. The lowest BCUT2D eigenvalue weighted by atomic mass is 9.98. The number of nitrogens with zero attached hydrogens (tertiary/aromatic N) is 1. The molecule has 2 heterocycles. The monoisotopic (exact) mass is 443 g/mol. The van der Waals surface area contributed by atoms with Gasteiger partial charge in [-0.3, -0.25) is 19.3 Å². The van der Waals surface area contributed by atoms with Gasteiger partial charge in [0.05, 0.1) is 16.9 Å². The van der Waals surface area contributed by atoms with E-state index in [2.05, 4.69) is 5.32 Å². The number of aliphatic hydroxyl groups is 1. The fourth-order valence-electron chi connectivity index (χ4n) is 3.98. The van der Waals surface area contributed by atoms with Crippen molar-refractivity contribution in [2.24, 2.45) is 0 Å². The highest BCUT2D eigenvalue weighted by molar-refractivity contribution is 8.02. The topological polar surface area (TPSA) is 113 Å². The first-order valence-electron chi connectivity index (χ1n) is 9.77. The van der Waals surface area contributed by atoms with Gasteiger partial charge in [0.1, 0.15) is 5.76 Å². The van der Waals surface area contributed by atoms with Gasteiger partial charge in [-0.15, -0.1) is 0 Å². The molecule has 32 heavy (non-hydrogen) atoms. The SMILES string of the molecule is Nc1ccccc1SC12C(=O)Nc3ccccc3N1C(=O)C(=O)/C2=C(/O)c1ccccc1. The quantitative estimate of drug-likeness (QED) is 0.247. The van der Waals surface area contributed by atoms with Gasteiger partial charge in [-0.25, -0.2) is 0 Å². The largest absolute Gasteiger partial charge is 0.507 e. The Hall–Kier alpha value is -4.04. The molecule has 0 spiro atoms. The van der Waals surface area contributed by atoms with E-state index in [0.717, 1.165) is 16.7 Å². The average Bonchev–Trinajstić information content (AvgIpc) is 3.03. The summed E-state index contributed by atoms with van der Waals surface area (Å²) in [6, 6.07) is 21.9. The number of aliphatic hydroxyl groups excluding tert-OH is 1. The molecule has 158 valence electrons. The maximum atomic E-state index is 13.6. The molecule has 1 atom stereocenters. The van der Waals surface area contributed by atoms with Crippen LogP contribution in [0.5, 0.6) is 0 Å². The molecule has 2 amide bonds. The molecule has 3 aromatic carbocycles. The Morgan fingerprint density at radius 3 is 2.31 bits per heavy atom. The predicted molar refractivity (Wildman–Crippen MR) is 123 cm³/mol. The summed E-state index contributed by atoms with van der Waals surface area (Å²) < 4.78 is 0. The molecule has 1 saturated heterocycles. The first kappa shape index (κ1) is 19.9. The van der Waals surface area contributed by atoms with E-state index in [4.69, 9.17) is 5.73 Å². The Morgan fingerprint density at radius 1 is 0.906 bits per heavy atom. The summed E-state index contributed by atoms with van der Waals surface area (Å²) in [6.07, 6.45) is 0. The van der Waals surface area contributed by atoms with Gasteiger partial charge >= 0.3 is 5.91 Å². The van der Waals surface area contributed by atoms with Crippen LogP contribution in [0, 0.1) is 0 Å². The normalized spacial score (nSPS) is 21.1. The maximum Gasteiger partial charge on any atom is 0.301 e. The number of benzene rings is 3. The number of Topliss-reactive ketones (excluding diaryl/α,β-unsaturated/α-hetero) is 1. The van der Waals surface area contributed by atoms with Crippen molar-refractivity contribution >= 4 is 52.2 Å². The Balaban J connectivity index is 1.83. The maximum absolute atomic E-state index is 13.6. The van der Waals surface area contributed by atoms with Gasteiger partial charge in [-0.2, -0.15) is 0 Å². The number of carbonyl (C=O) groups excluding carboxylic acids is 3. The van der Waals surface area contributed by atoms with Gasteiger partial charge in [0.2, 0.25) is 4.87 Å². The van der Waals surface area contributed by atoms with Crippen molar-refractivity contribution in [3.8, 4) is 0 Å². The second-order valence-electron chi connectivity index (χ2n) is 7.31. The number of nitrogen functional groups attached to an aromatic ring is 1. The first-order valence-corrected chi connectivity index (χ1v) is 10.6. The van der Waals surface area contributed by atoms with Crippen LogP contribution in [0.1, 0.15) is 5.56 Å². The predicted octanol–water partition coefficient (Wildman–Crippen LogP) is 3.59. The van der Waals surface area contributed by atoms with Crippen LogP contribution < -0.4 is 16.0 Å². The van der Waals surface area contributed by atoms with E-state index in [0.29, 0.717) is 27.5 Å². The zero-order chi connectivity index (χ0) is 22.5. The molecule has 1 fully saturated rings. The number of thioether (sulfide) groups is 1. The second kappa shape index (κ2) is 7.28. The lowest BCUT2D eigenvalue weighted by Gasteiger charge is -2.41. The molecule has 8 heteroatoms. The molecule has 0 aliphatic carbocycles. The summed E-state index contributed by atoms with van der Waals surface area (Å²) in [5.74, 6) is -2.89. The van der Waals surface area contributed by atoms with Crippen molar-refractivity contribution in [2.75, 3.05) is 16.0 Å². The first-order chi connectivity index (χ1) is 15.4. The minimum atomic E-state index is -1.88. The molecule has 0 bridgehead atoms. The summed E-state index contributed by atoms with van der Waals surface area (Å²) in [7, 11) is 0. The van der Waals surface area contributed by atoms with Crippen LogP contribution in [0.2, 0.25) is 0 Å². The van der Waals surface area contributed by atoms with Crippen molar-refractivity contribution < 1.29 is 19.5 Å². The van der Waals surface area contributed by atoms with E-state index >= 15 is 0 Å². The van der Waals surface area contributed by atoms with Gasteiger partial charge in [-0.05, 0) is 24.3 Å². The molecule has 3 aromatic rings. The lowest BCUT2D eigenvalue weighted by molar-refractivity contribution is -0.132. The van der Waals surface area contributed by atoms with Crippen LogP contribution in [-0.2, 0) is 14.4 Å². The Bertz CT molecular complexity index is 1320. The molecule has 0 radical (unpaired) electrons. The molecule has 5 rings (SSSR count). The highest BCUT2D eigenvalue weighted by Crippen LogP contribution is 2.54. The number of hydrogen-bond donors (Lipinski definition) is 3. The highest BCUT2D eigenvalue weighted by atomic mass is 32.2. The van der Waals surface area contributed by atoms with Crippen molar-refractivity contribution in [3.63, 3.8) is 0 Å². The lowest BCUT2D eigenvalue weighted by Crippen LogP contribution is -2.56. The van der Waals surface area contributed by atoms with Crippen molar-refractivity contribution in [1.29, 1.82) is 0 Å². The van der Waals surface area contributed by atoms with Crippen LogP contribution in [0.15, 0.2) is 89.3 Å². The van der Waals surface area contributed by atoms with Crippen molar-refractivity contribution in [2.45, 2.75) is 9.77 Å². The molecule has 0 aromatic heterocycles. The third-order valence-corrected chi connectivity index (χ3v) is 6.90. The zero-order valence-corrected chi connectivity index (χ0v) is 17.4. The van der Waals surface area contributed by atoms with E-state index in [1.807, 2.05) is 0 Å².